The van der Waals surface area contributed by atoms with Crippen LogP contribution in [0, 0.1) is 11.8 Å². The topological polar surface area (TPSA) is 188 Å². The molecule has 3 atom stereocenters. The third kappa shape index (κ3) is 17.1. The molecule has 1 amide bonds. The Bertz CT molecular complexity index is 1150. The van der Waals surface area contributed by atoms with Gasteiger partial charge in [-0.25, -0.2) is 9.59 Å². The summed E-state index contributed by atoms with van der Waals surface area (Å²) in [4.78, 5) is 61.1. The number of hydrogen-bond acceptors (Lipinski definition) is 7. The molecular formula is C36H55NO10. The summed E-state index contributed by atoms with van der Waals surface area (Å²) in [6, 6.07) is 5.18. The molecule has 0 fully saturated rings. The molecule has 11 heteroatoms. The van der Waals surface area contributed by atoms with Gasteiger partial charge in [-0.15, -0.1) is 0 Å². The van der Waals surface area contributed by atoms with Gasteiger partial charge in [-0.05, 0) is 55.7 Å². The van der Waals surface area contributed by atoms with Crippen LogP contribution in [0.4, 0.5) is 0 Å². The van der Waals surface area contributed by atoms with Crippen molar-refractivity contribution in [1.29, 1.82) is 0 Å². The number of benzene rings is 1. The first kappa shape index (κ1) is 41.3. The van der Waals surface area contributed by atoms with E-state index in [0.717, 1.165) is 31.8 Å². The van der Waals surface area contributed by atoms with Crippen LogP contribution in [-0.4, -0.2) is 68.3 Å². The highest BCUT2D eigenvalue weighted by molar-refractivity contribution is 5.94. The van der Waals surface area contributed by atoms with Crippen LogP contribution in [0.5, 0.6) is 5.75 Å². The Labute approximate surface area is 278 Å². The number of Topliss-reactive ketones (excluding diaryl/α,β-unsaturated/α-hetero) is 1. The second-order valence-corrected chi connectivity index (χ2v) is 12.6. The van der Waals surface area contributed by atoms with E-state index in [0.29, 0.717) is 55.9 Å². The number of rotatable bonds is 27. The number of allylic oxidation sites excluding steroid dienone is 1. The van der Waals surface area contributed by atoms with Gasteiger partial charge >= 0.3 is 17.9 Å². The van der Waals surface area contributed by atoms with Gasteiger partial charge in [-0.3, -0.25) is 14.4 Å². The minimum atomic E-state index is -3.03. The second-order valence-electron chi connectivity index (χ2n) is 12.6. The molecule has 264 valence electrons. The summed E-state index contributed by atoms with van der Waals surface area (Å²) in [6.07, 6.45) is 12.3. The number of amides is 1. The highest BCUT2D eigenvalue weighted by atomic mass is 16.5. The van der Waals surface area contributed by atoms with Gasteiger partial charge in [0.05, 0.1) is 18.9 Å². The van der Waals surface area contributed by atoms with Crippen molar-refractivity contribution in [2.75, 3.05) is 6.61 Å². The molecule has 0 aliphatic heterocycles. The lowest BCUT2D eigenvalue weighted by molar-refractivity contribution is -0.172. The Balaban J connectivity index is 2.84. The highest BCUT2D eigenvalue weighted by Crippen LogP contribution is 2.26. The molecule has 0 aliphatic carbocycles. The van der Waals surface area contributed by atoms with Crippen LogP contribution in [0.1, 0.15) is 116 Å². The molecule has 47 heavy (non-hydrogen) atoms. The maximum atomic E-state index is 13.3. The summed E-state index contributed by atoms with van der Waals surface area (Å²) in [6.45, 7) is 6.86. The van der Waals surface area contributed by atoms with Crippen molar-refractivity contribution >= 4 is 29.6 Å². The number of carboxylic acid groups (broad SMARTS) is 3. The molecule has 5 N–H and O–H groups in total. The molecular weight excluding hydrogens is 606 g/mol. The molecule has 0 saturated carbocycles. The van der Waals surface area contributed by atoms with E-state index >= 15 is 0 Å². The summed E-state index contributed by atoms with van der Waals surface area (Å²) in [5, 5.41) is 42.1. The van der Waals surface area contributed by atoms with Crippen molar-refractivity contribution in [3.05, 3.63) is 42.0 Å². The Hall–Kier alpha value is -3.73. The van der Waals surface area contributed by atoms with E-state index in [-0.39, 0.29) is 12.2 Å². The molecule has 0 saturated heterocycles. The lowest BCUT2D eigenvalue weighted by Gasteiger charge is -2.29. The van der Waals surface area contributed by atoms with Gasteiger partial charge in [0, 0.05) is 19.3 Å². The first-order valence-corrected chi connectivity index (χ1v) is 16.9. The van der Waals surface area contributed by atoms with Crippen LogP contribution in [-0.2, 0) is 30.4 Å². The van der Waals surface area contributed by atoms with Crippen molar-refractivity contribution in [2.24, 2.45) is 11.8 Å². The average Bonchev–Trinajstić information content (AvgIpc) is 2.99. The van der Waals surface area contributed by atoms with Gasteiger partial charge in [0.25, 0.3) is 0 Å². The number of carbonyl (C=O) groups is 5. The molecule has 0 radical (unpaired) electrons. The van der Waals surface area contributed by atoms with Gasteiger partial charge in [-0.1, -0.05) is 83.6 Å². The van der Waals surface area contributed by atoms with Gasteiger partial charge in [-0.2, -0.15) is 0 Å². The van der Waals surface area contributed by atoms with Crippen molar-refractivity contribution in [2.45, 2.75) is 129 Å². The lowest BCUT2D eigenvalue weighted by Crippen LogP contribution is -2.55. The summed E-state index contributed by atoms with van der Waals surface area (Å²) < 4.78 is 5.68. The van der Waals surface area contributed by atoms with Crippen LogP contribution in [0.15, 0.2) is 36.4 Å². The number of ketones is 1. The molecule has 0 aromatic heterocycles. The molecule has 1 aromatic rings. The molecule has 1 rings (SSSR count). The molecule has 0 aliphatic rings. The predicted molar refractivity (Wildman–Crippen MR) is 178 cm³/mol. The Morgan fingerprint density at radius 1 is 0.872 bits per heavy atom. The third-order valence-corrected chi connectivity index (χ3v) is 7.99. The number of unbranched alkanes of at least 4 members (excludes halogenated alkanes) is 8. The zero-order chi connectivity index (χ0) is 35.2. The molecule has 0 bridgehead atoms. The number of carboxylic acids is 3. The minimum Gasteiger partial charge on any atom is -0.494 e. The SMILES string of the molecule is CCCCCCCCCC(=O)CCCC/C=C/[C@@H](C(=O)N[C@@H](Cc1ccc(OCCC(C)C)cc1)C(=O)O)[C@@](O)(CC(=O)O)C(=O)O. The van der Waals surface area contributed by atoms with E-state index in [9.17, 15) is 44.4 Å². The van der Waals surface area contributed by atoms with Crippen LogP contribution < -0.4 is 10.1 Å². The third-order valence-electron chi connectivity index (χ3n) is 7.99. The first-order valence-electron chi connectivity index (χ1n) is 16.9. The summed E-state index contributed by atoms with van der Waals surface area (Å²) >= 11 is 0. The van der Waals surface area contributed by atoms with E-state index in [1.54, 1.807) is 24.3 Å². The normalized spacial score (nSPS) is 14.0. The Kier molecular flexibility index (Phi) is 20.0. The fourth-order valence-electron chi connectivity index (χ4n) is 5.07. The van der Waals surface area contributed by atoms with Crippen molar-refractivity contribution in [3.63, 3.8) is 0 Å². The van der Waals surface area contributed by atoms with Gasteiger partial charge in [0.2, 0.25) is 5.91 Å². The fraction of sp³-hybridized carbons (Fsp3) is 0.639. The van der Waals surface area contributed by atoms with Gasteiger partial charge < -0.3 is 30.5 Å². The summed E-state index contributed by atoms with van der Waals surface area (Å²) in [5.41, 5.74) is -2.47. The fourth-order valence-corrected chi connectivity index (χ4v) is 5.07. The van der Waals surface area contributed by atoms with Crippen LogP contribution in [0.3, 0.4) is 0 Å². The number of hydrogen-bond donors (Lipinski definition) is 5. The van der Waals surface area contributed by atoms with E-state index < -0.39 is 47.8 Å². The quantitative estimate of drug-likeness (QED) is 0.0556. The molecule has 0 heterocycles. The number of aliphatic carboxylic acids is 3. The Morgan fingerprint density at radius 3 is 2.02 bits per heavy atom. The smallest absolute Gasteiger partial charge is 0.337 e. The van der Waals surface area contributed by atoms with Crippen LogP contribution >= 0.6 is 0 Å². The van der Waals surface area contributed by atoms with Crippen molar-refractivity contribution in [3.8, 4) is 5.75 Å². The maximum absolute atomic E-state index is 13.3. The van der Waals surface area contributed by atoms with E-state index in [4.69, 9.17) is 4.74 Å². The van der Waals surface area contributed by atoms with E-state index in [1.165, 1.54) is 31.8 Å². The lowest BCUT2D eigenvalue weighted by atomic mass is 9.82. The largest absolute Gasteiger partial charge is 0.494 e. The number of nitrogens with one attached hydrogen (secondary N) is 1. The zero-order valence-electron chi connectivity index (χ0n) is 28.2. The van der Waals surface area contributed by atoms with Crippen LogP contribution in [0.25, 0.3) is 0 Å². The zero-order valence-corrected chi connectivity index (χ0v) is 28.2. The molecule has 0 unspecified atom stereocenters. The average molecular weight is 662 g/mol. The molecule has 1 aromatic carbocycles. The van der Waals surface area contributed by atoms with Crippen molar-refractivity contribution < 1.29 is 49.1 Å². The number of aliphatic hydroxyl groups is 1. The van der Waals surface area contributed by atoms with E-state index in [1.807, 2.05) is 0 Å². The standard InChI is InChI=1S/C36H55NO10/c1-4-5-6-7-8-9-12-15-28(38)16-13-10-11-14-17-30(36(46,35(44)45)25-32(39)40)33(41)37-31(34(42)43)24-27-18-20-29(21-19-27)47-23-22-26(2)3/h14,17-21,26,30-31,46H,4-13,15-16,22-25H2,1-3H3,(H,37,41)(H,39,40)(H,42,43)(H,44,45)/b17-14+/t30-,31-,36-/m0/s1. The van der Waals surface area contributed by atoms with Crippen LogP contribution in [0.2, 0.25) is 0 Å². The highest BCUT2D eigenvalue weighted by Gasteiger charge is 2.49. The summed E-state index contributed by atoms with van der Waals surface area (Å²) in [5.74, 6) is -6.75. The number of ether oxygens (including phenoxy) is 1. The monoisotopic (exact) mass is 661 g/mol. The predicted octanol–water partition coefficient (Wildman–Crippen LogP) is 5.96. The first-order chi connectivity index (χ1) is 22.3. The Morgan fingerprint density at radius 2 is 1.47 bits per heavy atom. The van der Waals surface area contributed by atoms with Crippen molar-refractivity contribution in [1.82, 2.24) is 5.32 Å². The van der Waals surface area contributed by atoms with Gasteiger partial charge in [0.1, 0.15) is 17.6 Å². The molecule has 0 spiro atoms. The molecule has 11 nitrogen and oxygen atoms in total. The number of carbonyl (C=O) groups excluding carboxylic acids is 2. The second kappa shape index (κ2) is 22.7. The maximum Gasteiger partial charge on any atom is 0.337 e. The van der Waals surface area contributed by atoms with E-state index in [2.05, 4.69) is 26.1 Å². The van der Waals surface area contributed by atoms with Gasteiger partial charge in [0.15, 0.2) is 5.60 Å². The summed E-state index contributed by atoms with van der Waals surface area (Å²) in [7, 11) is 0. The minimum absolute atomic E-state index is 0.152.